The summed E-state index contributed by atoms with van der Waals surface area (Å²) in [5, 5.41) is 10.7. The van der Waals surface area contributed by atoms with Gasteiger partial charge in [0, 0.05) is 6.08 Å². The molecule has 0 amide bonds. The van der Waals surface area contributed by atoms with Crippen molar-refractivity contribution in [1.82, 2.24) is 0 Å². The van der Waals surface area contributed by atoms with Gasteiger partial charge in [0.1, 0.15) is 0 Å². The number of aliphatic hydroxyl groups is 1. The van der Waals surface area contributed by atoms with Crippen molar-refractivity contribution < 1.29 is 14.6 Å². The fourth-order valence-electron chi connectivity index (χ4n) is 8.16. The number of rotatable bonds is 4. The van der Waals surface area contributed by atoms with Crippen LogP contribution in [0.4, 0.5) is 0 Å². The molecule has 0 heterocycles. The normalized spacial score (nSPS) is 46.5. The lowest BCUT2D eigenvalue weighted by atomic mass is 9.47. The second kappa shape index (κ2) is 7.80. The number of hydrogen-bond acceptors (Lipinski definition) is 3. The van der Waals surface area contributed by atoms with E-state index < -0.39 is 5.60 Å². The van der Waals surface area contributed by atoms with Gasteiger partial charge < -0.3 is 9.84 Å². The Morgan fingerprint density at radius 1 is 1.23 bits per heavy atom. The highest BCUT2D eigenvalue weighted by atomic mass is 16.5. The molecule has 1 N–H and O–H groups in total. The summed E-state index contributed by atoms with van der Waals surface area (Å²) >= 11 is 0. The van der Waals surface area contributed by atoms with E-state index in [1.54, 1.807) is 11.6 Å². The standard InChI is InChI=1S/C27H42O3/c1-6-30-24(28)12-7-18(2)21-10-11-22-20-9-8-19-17-25(3,29)15-16-26(19,4)23(20)13-14-27(21,22)5/h7,12-13,18-22,29H,6,8-11,14-17H2,1-5H3/b12-7+/t18-,19+,20+,21?,22+,25+,26+,27-/m1/s1. The maximum atomic E-state index is 11.8. The Kier molecular flexibility index (Phi) is 5.75. The Bertz CT molecular complexity index is 734. The van der Waals surface area contributed by atoms with Crippen LogP contribution in [0.15, 0.2) is 23.8 Å². The van der Waals surface area contributed by atoms with Crippen LogP contribution in [0.2, 0.25) is 0 Å². The first-order chi connectivity index (χ1) is 14.1. The molecule has 1 unspecified atom stereocenters. The topological polar surface area (TPSA) is 46.5 Å². The summed E-state index contributed by atoms with van der Waals surface area (Å²) in [7, 11) is 0. The highest BCUT2D eigenvalue weighted by molar-refractivity contribution is 5.81. The minimum absolute atomic E-state index is 0.214. The van der Waals surface area contributed by atoms with E-state index in [0.29, 0.717) is 35.2 Å². The summed E-state index contributed by atoms with van der Waals surface area (Å²) in [5.74, 6) is 2.94. The van der Waals surface area contributed by atoms with Crippen molar-refractivity contribution in [3.8, 4) is 0 Å². The Morgan fingerprint density at radius 3 is 2.73 bits per heavy atom. The SMILES string of the molecule is CCOC(=O)/C=C/[C@@H](C)C1CC[C@H]2[C@@H]3CC[C@H]4C[C@@](C)(O)CC[C@]4(C)C3=CC[C@]12C. The zero-order valence-electron chi connectivity index (χ0n) is 19.7. The van der Waals surface area contributed by atoms with Crippen LogP contribution in [-0.4, -0.2) is 23.3 Å². The van der Waals surface area contributed by atoms with E-state index in [1.165, 1.54) is 32.1 Å². The van der Waals surface area contributed by atoms with Crippen molar-refractivity contribution in [2.75, 3.05) is 6.61 Å². The van der Waals surface area contributed by atoms with Crippen molar-refractivity contribution in [2.45, 2.75) is 91.6 Å². The first kappa shape index (κ1) is 22.1. The van der Waals surface area contributed by atoms with E-state index in [1.807, 2.05) is 13.8 Å². The van der Waals surface area contributed by atoms with Gasteiger partial charge in [-0.2, -0.15) is 0 Å². The van der Waals surface area contributed by atoms with Crippen LogP contribution in [0.3, 0.4) is 0 Å². The van der Waals surface area contributed by atoms with Gasteiger partial charge in [0.25, 0.3) is 0 Å². The molecular formula is C27H42O3. The second-order valence-corrected chi connectivity index (χ2v) is 11.6. The zero-order valence-corrected chi connectivity index (χ0v) is 19.7. The van der Waals surface area contributed by atoms with Crippen molar-refractivity contribution in [2.24, 2.45) is 40.4 Å². The Hall–Kier alpha value is -1.09. The predicted octanol–water partition coefficient (Wildman–Crippen LogP) is 6.07. The van der Waals surface area contributed by atoms with Gasteiger partial charge in [-0.15, -0.1) is 0 Å². The molecule has 0 bridgehead atoms. The molecule has 4 aliphatic carbocycles. The molecule has 168 valence electrons. The summed E-state index contributed by atoms with van der Waals surface area (Å²) in [6.45, 7) is 11.6. The number of esters is 1. The summed E-state index contributed by atoms with van der Waals surface area (Å²) in [4.78, 5) is 11.8. The number of hydrogen-bond donors (Lipinski definition) is 1. The summed E-state index contributed by atoms with van der Waals surface area (Å²) < 4.78 is 5.08. The zero-order chi connectivity index (χ0) is 21.7. The van der Waals surface area contributed by atoms with Crippen LogP contribution in [0.25, 0.3) is 0 Å². The van der Waals surface area contributed by atoms with Gasteiger partial charge in [-0.1, -0.05) is 38.5 Å². The molecule has 0 aliphatic heterocycles. The van der Waals surface area contributed by atoms with E-state index in [9.17, 15) is 9.90 Å². The van der Waals surface area contributed by atoms with Gasteiger partial charge in [0.05, 0.1) is 12.2 Å². The molecule has 0 radical (unpaired) electrons. The van der Waals surface area contributed by atoms with E-state index in [4.69, 9.17) is 4.74 Å². The number of carbonyl (C=O) groups excluding carboxylic acids is 1. The van der Waals surface area contributed by atoms with Crippen LogP contribution in [0.1, 0.15) is 86.0 Å². The largest absolute Gasteiger partial charge is 0.463 e. The average Bonchev–Trinajstić information content (AvgIpc) is 3.04. The van der Waals surface area contributed by atoms with Crippen LogP contribution < -0.4 is 0 Å². The third-order valence-corrected chi connectivity index (χ3v) is 9.84. The highest BCUT2D eigenvalue weighted by Gasteiger charge is 2.58. The quantitative estimate of drug-likeness (QED) is 0.345. The Morgan fingerprint density at radius 2 is 2.00 bits per heavy atom. The molecule has 0 aromatic carbocycles. The van der Waals surface area contributed by atoms with Crippen LogP contribution in [0, 0.1) is 40.4 Å². The molecule has 30 heavy (non-hydrogen) atoms. The lowest BCUT2D eigenvalue weighted by Crippen LogP contribution is -2.50. The molecule has 4 aliphatic rings. The van der Waals surface area contributed by atoms with Crippen molar-refractivity contribution in [3.05, 3.63) is 23.8 Å². The lowest BCUT2D eigenvalue weighted by molar-refractivity contribution is -0.137. The van der Waals surface area contributed by atoms with Gasteiger partial charge in [-0.05, 0) is 106 Å². The summed E-state index contributed by atoms with van der Waals surface area (Å²) in [6, 6.07) is 0. The van der Waals surface area contributed by atoms with Gasteiger partial charge in [0.15, 0.2) is 0 Å². The lowest BCUT2D eigenvalue weighted by Gasteiger charge is -2.58. The van der Waals surface area contributed by atoms with Crippen molar-refractivity contribution in [1.29, 1.82) is 0 Å². The first-order valence-corrected chi connectivity index (χ1v) is 12.4. The number of ether oxygens (including phenoxy) is 1. The molecule has 3 heteroatoms. The molecule has 3 fully saturated rings. The van der Waals surface area contributed by atoms with Crippen LogP contribution in [-0.2, 0) is 9.53 Å². The van der Waals surface area contributed by atoms with Crippen molar-refractivity contribution >= 4 is 5.97 Å². The molecule has 0 aromatic rings. The molecule has 4 rings (SSSR count). The molecule has 0 saturated heterocycles. The molecule has 0 spiro atoms. The molecule has 3 saturated carbocycles. The third kappa shape index (κ3) is 3.59. The highest BCUT2D eigenvalue weighted by Crippen LogP contribution is 2.66. The second-order valence-electron chi connectivity index (χ2n) is 11.6. The van der Waals surface area contributed by atoms with Gasteiger partial charge in [0.2, 0.25) is 0 Å². The summed E-state index contributed by atoms with van der Waals surface area (Å²) in [5.41, 5.74) is 1.89. The fourth-order valence-corrected chi connectivity index (χ4v) is 8.16. The van der Waals surface area contributed by atoms with Crippen LogP contribution in [0.5, 0.6) is 0 Å². The molecular weight excluding hydrogens is 372 g/mol. The average molecular weight is 415 g/mol. The molecule has 0 aromatic heterocycles. The van der Waals surface area contributed by atoms with E-state index in [0.717, 1.165) is 31.1 Å². The Labute approximate surface area is 183 Å². The Balaban J connectivity index is 1.55. The fraction of sp³-hybridized carbons (Fsp3) is 0.815. The number of carbonyl (C=O) groups is 1. The molecule has 3 nitrogen and oxygen atoms in total. The first-order valence-electron chi connectivity index (χ1n) is 12.4. The van der Waals surface area contributed by atoms with Gasteiger partial charge in [-0.25, -0.2) is 4.79 Å². The predicted molar refractivity (Wildman–Crippen MR) is 121 cm³/mol. The smallest absolute Gasteiger partial charge is 0.330 e. The van der Waals surface area contributed by atoms with E-state index in [2.05, 4.69) is 32.9 Å². The maximum absolute atomic E-state index is 11.8. The minimum atomic E-state index is -0.472. The van der Waals surface area contributed by atoms with Gasteiger partial charge >= 0.3 is 5.97 Å². The van der Waals surface area contributed by atoms with E-state index in [-0.39, 0.29) is 5.97 Å². The number of fused-ring (bicyclic) bond motifs is 5. The van der Waals surface area contributed by atoms with Crippen molar-refractivity contribution in [3.63, 3.8) is 0 Å². The summed E-state index contributed by atoms with van der Waals surface area (Å²) in [6.07, 6.45) is 15.7. The maximum Gasteiger partial charge on any atom is 0.330 e. The van der Waals surface area contributed by atoms with Gasteiger partial charge in [-0.3, -0.25) is 0 Å². The number of allylic oxidation sites excluding steroid dienone is 3. The van der Waals surface area contributed by atoms with E-state index >= 15 is 0 Å². The monoisotopic (exact) mass is 414 g/mol. The minimum Gasteiger partial charge on any atom is -0.463 e. The third-order valence-electron chi connectivity index (χ3n) is 9.84. The van der Waals surface area contributed by atoms with Crippen LogP contribution >= 0.6 is 0 Å². The molecule has 8 atom stereocenters.